The molecule has 0 atom stereocenters. The first-order valence-electron chi connectivity index (χ1n) is 10.6. The molecule has 1 aromatic heterocycles. The quantitative estimate of drug-likeness (QED) is 0.428. The van der Waals surface area contributed by atoms with E-state index in [-0.39, 0.29) is 6.54 Å². The molecule has 0 radical (unpaired) electrons. The first kappa shape index (κ1) is 21.3. The van der Waals surface area contributed by atoms with Gasteiger partial charge >= 0.3 is 0 Å². The number of fused-ring (bicyclic) bond motifs is 1. The highest BCUT2D eigenvalue weighted by molar-refractivity contribution is 7.89. The first-order chi connectivity index (χ1) is 15.0. The number of sulfonamides is 1. The van der Waals surface area contributed by atoms with E-state index in [1.54, 1.807) is 12.1 Å². The van der Waals surface area contributed by atoms with Crippen molar-refractivity contribution < 1.29 is 8.42 Å². The highest BCUT2D eigenvalue weighted by atomic mass is 32.2. The van der Waals surface area contributed by atoms with Crippen LogP contribution in [0.1, 0.15) is 24.5 Å². The lowest BCUT2D eigenvalue weighted by molar-refractivity contribution is 0.574. The van der Waals surface area contributed by atoms with E-state index in [2.05, 4.69) is 47.4 Å². The lowest BCUT2D eigenvalue weighted by Gasteiger charge is -2.12. The summed E-state index contributed by atoms with van der Waals surface area (Å²) in [6.45, 7) is 4.92. The second-order valence-corrected chi connectivity index (χ2v) is 9.50. The zero-order chi connectivity index (χ0) is 21.8. The minimum atomic E-state index is -3.57. The fraction of sp³-hybridized carbons (Fsp3) is 0.240. The van der Waals surface area contributed by atoms with Crippen LogP contribution in [0, 0.1) is 6.92 Å². The van der Waals surface area contributed by atoms with E-state index in [1.807, 2.05) is 36.4 Å². The van der Waals surface area contributed by atoms with E-state index in [9.17, 15) is 8.42 Å². The van der Waals surface area contributed by atoms with Crippen molar-refractivity contribution in [3.63, 3.8) is 0 Å². The predicted molar refractivity (Wildman–Crippen MR) is 126 cm³/mol. The van der Waals surface area contributed by atoms with Crippen LogP contribution in [0.25, 0.3) is 22.4 Å². The monoisotopic (exact) mass is 433 g/mol. The molecule has 31 heavy (non-hydrogen) atoms. The third-order valence-electron chi connectivity index (χ3n) is 5.36. The van der Waals surface area contributed by atoms with Crippen LogP contribution in [-0.4, -0.2) is 24.5 Å². The van der Waals surface area contributed by atoms with Crippen molar-refractivity contribution in [1.29, 1.82) is 0 Å². The number of hydrogen-bond donors (Lipinski definition) is 1. The van der Waals surface area contributed by atoms with E-state index in [0.717, 1.165) is 40.8 Å². The molecule has 4 aromatic rings. The standard InChI is InChI=1S/C25H27N3O2S/c1-3-6-20-11-15-22(16-12-20)31(29,30)26-17-18-28-24-8-5-4-7-23(24)27-25(28)21-13-9-19(2)10-14-21/h4-5,7-16,26H,3,6,17-18H2,1-2H3. The maximum absolute atomic E-state index is 12.7. The third-order valence-corrected chi connectivity index (χ3v) is 6.84. The van der Waals surface area contributed by atoms with Crippen LogP contribution in [0.2, 0.25) is 0 Å². The van der Waals surface area contributed by atoms with Crippen LogP contribution in [0.3, 0.4) is 0 Å². The zero-order valence-electron chi connectivity index (χ0n) is 17.9. The van der Waals surface area contributed by atoms with Gasteiger partial charge in [0.15, 0.2) is 0 Å². The summed E-state index contributed by atoms with van der Waals surface area (Å²) in [5, 5.41) is 0. The molecular formula is C25H27N3O2S. The SMILES string of the molecule is CCCc1ccc(S(=O)(=O)NCCn2c(-c3ccc(C)cc3)nc3ccccc32)cc1. The lowest BCUT2D eigenvalue weighted by Crippen LogP contribution is -2.27. The first-order valence-corrected chi connectivity index (χ1v) is 12.1. The van der Waals surface area contributed by atoms with Gasteiger partial charge in [0.25, 0.3) is 0 Å². The van der Waals surface area contributed by atoms with Crippen molar-refractivity contribution in [2.75, 3.05) is 6.54 Å². The molecule has 6 heteroatoms. The lowest BCUT2D eigenvalue weighted by atomic mass is 10.1. The van der Waals surface area contributed by atoms with E-state index >= 15 is 0 Å². The van der Waals surface area contributed by atoms with Crippen molar-refractivity contribution in [2.45, 2.75) is 38.1 Å². The van der Waals surface area contributed by atoms with Gasteiger partial charge in [0.1, 0.15) is 5.82 Å². The van der Waals surface area contributed by atoms with Crippen LogP contribution in [-0.2, 0) is 23.0 Å². The molecule has 0 spiro atoms. The van der Waals surface area contributed by atoms with Crippen molar-refractivity contribution in [1.82, 2.24) is 14.3 Å². The molecule has 1 N–H and O–H groups in total. The molecule has 0 fully saturated rings. The van der Waals surface area contributed by atoms with Gasteiger partial charge in [-0.15, -0.1) is 0 Å². The molecular weight excluding hydrogens is 406 g/mol. The molecule has 0 unspecified atom stereocenters. The normalized spacial score (nSPS) is 11.8. The highest BCUT2D eigenvalue weighted by Crippen LogP contribution is 2.25. The average molecular weight is 434 g/mol. The Morgan fingerprint density at radius 1 is 0.935 bits per heavy atom. The molecule has 0 bridgehead atoms. The van der Waals surface area contributed by atoms with Crippen molar-refractivity contribution >= 4 is 21.1 Å². The van der Waals surface area contributed by atoms with Gasteiger partial charge in [0, 0.05) is 18.7 Å². The maximum atomic E-state index is 12.7. The van der Waals surface area contributed by atoms with Gasteiger partial charge < -0.3 is 4.57 Å². The number of aryl methyl sites for hydroxylation is 2. The Balaban J connectivity index is 1.56. The molecule has 1 heterocycles. The summed E-state index contributed by atoms with van der Waals surface area (Å²) in [6, 6.07) is 23.3. The Kier molecular flexibility index (Phi) is 6.20. The van der Waals surface area contributed by atoms with Crippen molar-refractivity contribution in [3.05, 3.63) is 83.9 Å². The Hall–Kier alpha value is -2.96. The Labute approximate surface area is 183 Å². The van der Waals surface area contributed by atoms with E-state index in [1.165, 1.54) is 5.56 Å². The fourth-order valence-corrected chi connectivity index (χ4v) is 4.75. The maximum Gasteiger partial charge on any atom is 0.240 e. The van der Waals surface area contributed by atoms with Crippen LogP contribution in [0.5, 0.6) is 0 Å². The second kappa shape index (κ2) is 9.04. The Morgan fingerprint density at radius 3 is 2.35 bits per heavy atom. The summed E-state index contributed by atoms with van der Waals surface area (Å²) in [5.41, 5.74) is 5.23. The minimum absolute atomic E-state index is 0.276. The molecule has 0 saturated carbocycles. The fourth-order valence-electron chi connectivity index (χ4n) is 3.72. The Bertz CT molecular complexity index is 1270. The molecule has 4 rings (SSSR count). The molecule has 3 aromatic carbocycles. The van der Waals surface area contributed by atoms with Crippen molar-refractivity contribution in [3.8, 4) is 11.4 Å². The van der Waals surface area contributed by atoms with Crippen LogP contribution in [0.15, 0.2) is 77.7 Å². The van der Waals surface area contributed by atoms with Gasteiger partial charge in [-0.3, -0.25) is 0 Å². The Morgan fingerprint density at radius 2 is 1.65 bits per heavy atom. The average Bonchev–Trinajstić information content (AvgIpc) is 3.13. The van der Waals surface area contributed by atoms with Gasteiger partial charge in [0.2, 0.25) is 10.0 Å². The number of rotatable bonds is 8. The van der Waals surface area contributed by atoms with E-state index in [4.69, 9.17) is 4.98 Å². The highest BCUT2D eigenvalue weighted by Gasteiger charge is 2.16. The number of aromatic nitrogens is 2. The van der Waals surface area contributed by atoms with Crippen molar-refractivity contribution in [2.24, 2.45) is 0 Å². The number of nitrogens with zero attached hydrogens (tertiary/aromatic N) is 2. The molecule has 160 valence electrons. The summed E-state index contributed by atoms with van der Waals surface area (Å²) in [5.74, 6) is 0.837. The molecule has 0 aliphatic rings. The summed E-state index contributed by atoms with van der Waals surface area (Å²) in [4.78, 5) is 5.09. The molecule has 0 aliphatic heterocycles. The van der Waals surface area contributed by atoms with Gasteiger partial charge in [-0.1, -0.05) is 67.4 Å². The summed E-state index contributed by atoms with van der Waals surface area (Å²) < 4.78 is 30.3. The number of benzene rings is 3. The molecule has 0 aliphatic carbocycles. The number of para-hydroxylation sites is 2. The van der Waals surface area contributed by atoms with Crippen LogP contribution in [0.4, 0.5) is 0 Å². The van der Waals surface area contributed by atoms with Crippen LogP contribution < -0.4 is 4.72 Å². The smallest absolute Gasteiger partial charge is 0.240 e. The van der Waals surface area contributed by atoms with Gasteiger partial charge in [-0.05, 0) is 43.2 Å². The van der Waals surface area contributed by atoms with E-state index in [0.29, 0.717) is 11.4 Å². The predicted octanol–water partition coefficient (Wildman–Crippen LogP) is 4.94. The number of hydrogen-bond acceptors (Lipinski definition) is 3. The molecule has 5 nitrogen and oxygen atoms in total. The molecule has 0 saturated heterocycles. The largest absolute Gasteiger partial charge is 0.323 e. The van der Waals surface area contributed by atoms with Gasteiger partial charge in [0.05, 0.1) is 15.9 Å². The van der Waals surface area contributed by atoms with Crippen LogP contribution >= 0.6 is 0 Å². The molecule has 0 amide bonds. The summed E-state index contributed by atoms with van der Waals surface area (Å²) >= 11 is 0. The summed E-state index contributed by atoms with van der Waals surface area (Å²) in [6.07, 6.45) is 1.98. The topological polar surface area (TPSA) is 64.0 Å². The minimum Gasteiger partial charge on any atom is -0.323 e. The summed E-state index contributed by atoms with van der Waals surface area (Å²) in [7, 11) is -3.57. The third kappa shape index (κ3) is 4.70. The zero-order valence-corrected chi connectivity index (χ0v) is 18.7. The second-order valence-electron chi connectivity index (χ2n) is 7.73. The van der Waals surface area contributed by atoms with Gasteiger partial charge in [-0.2, -0.15) is 0 Å². The van der Waals surface area contributed by atoms with E-state index < -0.39 is 10.0 Å². The number of nitrogens with one attached hydrogen (secondary N) is 1. The van der Waals surface area contributed by atoms with Gasteiger partial charge in [-0.25, -0.2) is 18.1 Å². The number of imidazole rings is 1.